The molecule has 0 unspecified atom stereocenters. The second kappa shape index (κ2) is 9.78. The third kappa shape index (κ3) is 4.17. The minimum atomic E-state index is -0.245. The van der Waals surface area contributed by atoms with E-state index < -0.39 is 0 Å². The normalized spacial score (nSPS) is 13.9. The Bertz CT molecular complexity index is 1870. The highest BCUT2D eigenvalue weighted by Gasteiger charge is 2.38. The number of hydrogen-bond donors (Lipinski definition) is 0. The molecule has 3 aromatic carbocycles. The molecule has 204 valence electrons. The summed E-state index contributed by atoms with van der Waals surface area (Å²) in [5.41, 5.74) is 7.38. The molecule has 9 nitrogen and oxygen atoms in total. The molecule has 0 radical (unpaired) electrons. The lowest BCUT2D eigenvalue weighted by atomic mass is 9.84. The summed E-state index contributed by atoms with van der Waals surface area (Å²) >= 11 is 0. The summed E-state index contributed by atoms with van der Waals surface area (Å²) in [7, 11) is 1.66. The van der Waals surface area contributed by atoms with E-state index in [1.54, 1.807) is 18.0 Å². The first kappa shape index (κ1) is 24.8. The molecular formula is C32H28N6O3. The summed E-state index contributed by atoms with van der Waals surface area (Å²) in [5.74, 6) is 3.04. The van der Waals surface area contributed by atoms with Crippen LogP contribution in [0.4, 0.5) is 0 Å². The van der Waals surface area contributed by atoms with E-state index in [9.17, 15) is 0 Å². The van der Waals surface area contributed by atoms with Gasteiger partial charge in [-0.1, -0.05) is 48.5 Å². The van der Waals surface area contributed by atoms with Gasteiger partial charge in [0.1, 0.15) is 24.4 Å². The molecule has 0 amide bonds. The van der Waals surface area contributed by atoms with Crippen LogP contribution in [0.5, 0.6) is 23.3 Å². The Morgan fingerprint density at radius 2 is 1.61 bits per heavy atom. The van der Waals surface area contributed by atoms with Gasteiger partial charge >= 0.3 is 0 Å². The summed E-state index contributed by atoms with van der Waals surface area (Å²) in [6.45, 7) is 6.30. The van der Waals surface area contributed by atoms with Crippen molar-refractivity contribution in [1.82, 2.24) is 29.4 Å². The van der Waals surface area contributed by atoms with Crippen molar-refractivity contribution in [3.8, 4) is 28.9 Å². The first-order valence-electron chi connectivity index (χ1n) is 13.4. The average molecular weight is 545 g/mol. The molecule has 6 aromatic rings. The molecule has 0 aliphatic carbocycles. The zero-order chi connectivity index (χ0) is 28.1. The Morgan fingerprint density at radius 1 is 0.854 bits per heavy atom. The highest BCUT2D eigenvalue weighted by molar-refractivity contribution is 5.66. The second-order valence-electron chi connectivity index (χ2n) is 10.1. The van der Waals surface area contributed by atoms with Crippen LogP contribution in [-0.4, -0.2) is 36.5 Å². The van der Waals surface area contributed by atoms with Crippen molar-refractivity contribution < 1.29 is 14.2 Å². The largest absolute Gasteiger partial charge is 0.497 e. The maximum Gasteiger partial charge on any atom is 0.230 e. The molecule has 4 heterocycles. The Hall–Kier alpha value is -5.18. The predicted octanol–water partition coefficient (Wildman–Crippen LogP) is 6.11. The fourth-order valence-electron chi connectivity index (χ4n) is 5.52. The molecule has 0 N–H and O–H groups in total. The molecule has 1 atom stereocenters. The van der Waals surface area contributed by atoms with Crippen molar-refractivity contribution in [2.24, 2.45) is 0 Å². The van der Waals surface area contributed by atoms with Crippen LogP contribution in [0.15, 0.2) is 79.1 Å². The molecule has 0 saturated heterocycles. The number of benzene rings is 3. The third-order valence-corrected chi connectivity index (χ3v) is 7.47. The molecular weight excluding hydrogens is 516 g/mol. The maximum absolute atomic E-state index is 6.51. The molecule has 9 heteroatoms. The fourth-order valence-corrected chi connectivity index (χ4v) is 5.52. The van der Waals surface area contributed by atoms with Crippen molar-refractivity contribution in [3.63, 3.8) is 0 Å². The zero-order valence-corrected chi connectivity index (χ0v) is 23.2. The van der Waals surface area contributed by atoms with Gasteiger partial charge in [0.15, 0.2) is 11.5 Å². The van der Waals surface area contributed by atoms with E-state index in [0.29, 0.717) is 23.2 Å². The molecule has 0 fully saturated rings. The maximum atomic E-state index is 6.51. The standard InChI is InChI=1S/C32H28N6O3/c1-19-9-8-10-20(2)29(19)40-17-25-34-30-28-27(22-13-15-24(39-4)16-14-22)26-21(3)35-38(23-11-6-5-7-12-23)32(26)41-31(28)33-18-37(30)36-25/h5-16,18,27H,17H2,1-4H3/t27-/m0/s1. The van der Waals surface area contributed by atoms with Crippen molar-refractivity contribution in [1.29, 1.82) is 0 Å². The number of methoxy groups -OCH3 is 1. The Labute approximate surface area is 237 Å². The van der Waals surface area contributed by atoms with E-state index in [0.717, 1.165) is 50.7 Å². The number of ether oxygens (including phenoxy) is 3. The number of para-hydroxylation sites is 2. The van der Waals surface area contributed by atoms with Crippen LogP contribution >= 0.6 is 0 Å². The quantitative estimate of drug-likeness (QED) is 0.250. The van der Waals surface area contributed by atoms with E-state index in [2.05, 4.69) is 12.1 Å². The van der Waals surface area contributed by atoms with Gasteiger partial charge in [-0.15, -0.1) is 5.10 Å². The molecule has 7 rings (SSSR count). The van der Waals surface area contributed by atoms with Crippen molar-refractivity contribution in [2.75, 3.05) is 7.11 Å². The molecule has 0 saturated carbocycles. The highest BCUT2D eigenvalue weighted by Crippen LogP contribution is 2.49. The van der Waals surface area contributed by atoms with Crippen molar-refractivity contribution >= 4 is 5.65 Å². The predicted molar refractivity (Wildman–Crippen MR) is 153 cm³/mol. The monoisotopic (exact) mass is 544 g/mol. The molecule has 1 aliphatic heterocycles. The summed E-state index contributed by atoms with van der Waals surface area (Å²) in [6, 6.07) is 24.1. The lowest BCUT2D eigenvalue weighted by Gasteiger charge is -2.26. The van der Waals surface area contributed by atoms with Gasteiger partial charge in [0.25, 0.3) is 0 Å². The van der Waals surface area contributed by atoms with Crippen LogP contribution in [0.2, 0.25) is 0 Å². The van der Waals surface area contributed by atoms with Crippen LogP contribution in [0.1, 0.15) is 45.3 Å². The van der Waals surface area contributed by atoms with E-state index in [1.165, 1.54) is 0 Å². The average Bonchev–Trinajstić information content (AvgIpc) is 3.57. The molecule has 0 bridgehead atoms. The number of fused-ring (bicyclic) bond motifs is 4. The highest BCUT2D eigenvalue weighted by atomic mass is 16.5. The van der Waals surface area contributed by atoms with E-state index in [1.807, 2.05) is 86.1 Å². The van der Waals surface area contributed by atoms with Gasteiger partial charge in [0.05, 0.1) is 35.5 Å². The van der Waals surface area contributed by atoms with Gasteiger partial charge in [-0.2, -0.15) is 5.10 Å². The van der Waals surface area contributed by atoms with Crippen molar-refractivity contribution in [2.45, 2.75) is 33.3 Å². The summed E-state index contributed by atoms with van der Waals surface area (Å²) in [5, 5.41) is 9.60. The van der Waals surface area contributed by atoms with Gasteiger partial charge in [0, 0.05) is 0 Å². The molecule has 1 aliphatic rings. The van der Waals surface area contributed by atoms with E-state index in [-0.39, 0.29) is 12.5 Å². The fraction of sp³-hybridized carbons (Fsp3) is 0.188. The van der Waals surface area contributed by atoms with Crippen LogP contribution in [0.25, 0.3) is 11.3 Å². The number of hydrogen-bond acceptors (Lipinski definition) is 7. The topological polar surface area (TPSA) is 88.6 Å². The number of aromatic nitrogens is 6. The Balaban J connectivity index is 1.37. The number of nitrogens with zero attached hydrogens (tertiary/aromatic N) is 6. The van der Waals surface area contributed by atoms with E-state index >= 15 is 0 Å². The minimum absolute atomic E-state index is 0.229. The van der Waals surface area contributed by atoms with Gasteiger partial charge < -0.3 is 14.2 Å². The van der Waals surface area contributed by atoms with Crippen LogP contribution in [-0.2, 0) is 6.61 Å². The summed E-state index contributed by atoms with van der Waals surface area (Å²) in [4.78, 5) is 9.62. The molecule has 41 heavy (non-hydrogen) atoms. The lowest BCUT2D eigenvalue weighted by Crippen LogP contribution is -2.16. The Morgan fingerprint density at radius 3 is 2.34 bits per heavy atom. The molecule has 3 aromatic heterocycles. The summed E-state index contributed by atoms with van der Waals surface area (Å²) < 4.78 is 21.7. The zero-order valence-electron chi connectivity index (χ0n) is 23.2. The smallest absolute Gasteiger partial charge is 0.230 e. The van der Waals surface area contributed by atoms with Crippen LogP contribution < -0.4 is 14.2 Å². The third-order valence-electron chi connectivity index (χ3n) is 7.47. The minimum Gasteiger partial charge on any atom is -0.497 e. The molecule has 0 spiro atoms. The lowest BCUT2D eigenvalue weighted by molar-refractivity contribution is 0.292. The second-order valence-corrected chi connectivity index (χ2v) is 10.1. The summed E-state index contributed by atoms with van der Waals surface area (Å²) in [6.07, 6.45) is 1.63. The van der Waals surface area contributed by atoms with Gasteiger partial charge in [-0.05, 0) is 61.7 Å². The van der Waals surface area contributed by atoms with Gasteiger partial charge in [-0.25, -0.2) is 19.2 Å². The number of rotatable bonds is 6. The van der Waals surface area contributed by atoms with Gasteiger partial charge in [-0.3, -0.25) is 0 Å². The van der Waals surface area contributed by atoms with Crippen LogP contribution in [0, 0.1) is 20.8 Å². The van der Waals surface area contributed by atoms with Gasteiger partial charge in [0.2, 0.25) is 11.8 Å². The number of aryl methyl sites for hydroxylation is 3. The first-order chi connectivity index (χ1) is 20.0. The first-order valence-corrected chi connectivity index (χ1v) is 13.4. The van der Waals surface area contributed by atoms with E-state index in [4.69, 9.17) is 34.4 Å². The van der Waals surface area contributed by atoms with Crippen LogP contribution in [0.3, 0.4) is 0 Å². The van der Waals surface area contributed by atoms with Crippen molar-refractivity contribution in [3.05, 3.63) is 118 Å². The Kier molecular flexibility index (Phi) is 5.92. The SMILES string of the molecule is COc1ccc([C@H]2c3c(C)nn(-c4ccccc4)c3Oc3ncn4nc(COc5c(C)cccc5C)nc4c32)cc1.